The van der Waals surface area contributed by atoms with Gasteiger partial charge in [0.2, 0.25) is 0 Å². The summed E-state index contributed by atoms with van der Waals surface area (Å²) in [6.07, 6.45) is -3.04. The summed E-state index contributed by atoms with van der Waals surface area (Å²) < 4.78 is 40.8. The van der Waals surface area contributed by atoms with Crippen LogP contribution < -0.4 is 10.5 Å². The summed E-state index contributed by atoms with van der Waals surface area (Å²) in [5.74, 6) is 0.0459. The molecule has 0 fully saturated rings. The first-order valence-electron chi connectivity index (χ1n) is 9.19. The number of aryl methyl sites for hydroxylation is 1. The van der Waals surface area contributed by atoms with Gasteiger partial charge in [0.15, 0.2) is 0 Å². The number of anilines is 1. The summed E-state index contributed by atoms with van der Waals surface area (Å²) in [6, 6.07) is 13.0. The molecule has 4 rings (SSSR count). The average molecular weight is 413 g/mol. The quantitative estimate of drug-likeness (QED) is 0.674. The van der Waals surface area contributed by atoms with Crippen molar-refractivity contribution in [3.8, 4) is 16.9 Å². The number of aromatic nitrogens is 1. The zero-order valence-electron chi connectivity index (χ0n) is 16.0. The number of fused-ring (bicyclic) bond motifs is 1. The highest BCUT2D eigenvalue weighted by atomic mass is 19.4. The number of carbonyl (C=O) groups excluding carboxylic acids is 1. The highest BCUT2D eigenvalue weighted by molar-refractivity contribution is 6.00. The van der Waals surface area contributed by atoms with E-state index in [0.717, 1.165) is 22.3 Å². The Hall–Kier alpha value is -3.55. The molecular formula is C22H18F3N3O2. The maximum absolute atomic E-state index is 12.9. The molecule has 5 nitrogen and oxygen atoms in total. The SMILES string of the molecule is Cc1cc(-c2ccc(N)nc2)cc2c1C(=O)N(Cc1ccc(OC(F)(F)F)cc1)C2. The van der Waals surface area contributed by atoms with Gasteiger partial charge in [-0.2, -0.15) is 0 Å². The zero-order valence-corrected chi connectivity index (χ0v) is 16.0. The van der Waals surface area contributed by atoms with Gasteiger partial charge in [0, 0.05) is 30.4 Å². The minimum Gasteiger partial charge on any atom is -0.406 e. The Morgan fingerprint density at radius 3 is 2.47 bits per heavy atom. The third-order valence-corrected chi connectivity index (χ3v) is 4.93. The molecule has 0 spiro atoms. The van der Waals surface area contributed by atoms with Crippen LogP contribution in [0.25, 0.3) is 11.1 Å². The molecule has 1 aliphatic heterocycles. The molecule has 30 heavy (non-hydrogen) atoms. The normalized spacial score (nSPS) is 13.5. The van der Waals surface area contributed by atoms with Crippen LogP contribution in [-0.2, 0) is 13.1 Å². The van der Waals surface area contributed by atoms with Crippen LogP contribution in [0.2, 0.25) is 0 Å². The van der Waals surface area contributed by atoms with Crippen LogP contribution in [0.1, 0.15) is 27.0 Å². The molecule has 0 saturated heterocycles. The second kappa shape index (κ2) is 7.37. The molecule has 1 amide bonds. The van der Waals surface area contributed by atoms with Crippen LogP contribution in [0.3, 0.4) is 0 Å². The third kappa shape index (κ3) is 4.07. The zero-order chi connectivity index (χ0) is 21.5. The summed E-state index contributed by atoms with van der Waals surface area (Å²) in [6.45, 7) is 2.60. The Morgan fingerprint density at radius 1 is 1.10 bits per heavy atom. The van der Waals surface area contributed by atoms with Crippen molar-refractivity contribution < 1.29 is 22.7 Å². The van der Waals surface area contributed by atoms with E-state index in [1.807, 2.05) is 25.1 Å². The fourth-order valence-corrected chi connectivity index (χ4v) is 3.61. The van der Waals surface area contributed by atoms with Gasteiger partial charge in [-0.3, -0.25) is 4.79 Å². The molecule has 0 saturated carbocycles. The predicted octanol–water partition coefficient (Wildman–Crippen LogP) is 4.69. The molecule has 2 aromatic carbocycles. The number of amides is 1. The van der Waals surface area contributed by atoms with Gasteiger partial charge >= 0.3 is 6.36 Å². The lowest BCUT2D eigenvalue weighted by molar-refractivity contribution is -0.274. The number of ether oxygens (including phenoxy) is 1. The first-order chi connectivity index (χ1) is 14.2. The molecule has 0 aliphatic carbocycles. The molecule has 0 bridgehead atoms. The Balaban J connectivity index is 1.53. The highest BCUT2D eigenvalue weighted by Crippen LogP contribution is 2.32. The molecular weight excluding hydrogens is 395 g/mol. The van der Waals surface area contributed by atoms with Crippen molar-refractivity contribution in [3.63, 3.8) is 0 Å². The fraction of sp³-hybridized carbons (Fsp3) is 0.182. The van der Waals surface area contributed by atoms with Crippen LogP contribution in [0.4, 0.5) is 19.0 Å². The number of benzene rings is 2. The third-order valence-electron chi connectivity index (χ3n) is 4.93. The van der Waals surface area contributed by atoms with Gasteiger partial charge in [-0.1, -0.05) is 18.2 Å². The maximum atomic E-state index is 12.9. The van der Waals surface area contributed by atoms with E-state index in [4.69, 9.17) is 5.73 Å². The average Bonchev–Trinajstić information content (AvgIpc) is 2.98. The van der Waals surface area contributed by atoms with Crippen LogP contribution in [0.5, 0.6) is 5.75 Å². The van der Waals surface area contributed by atoms with Gasteiger partial charge in [0.05, 0.1) is 0 Å². The lowest BCUT2D eigenvalue weighted by atomic mass is 9.97. The number of rotatable bonds is 4. The number of hydrogen-bond donors (Lipinski definition) is 1. The largest absolute Gasteiger partial charge is 0.573 e. The van der Waals surface area contributed by atoms with Crippen molar-refractivity contribution in [1.82, 2.24) is 9.88 Å². The number of alkyl halides is 3. The van der Waals surface area contributed by atoms with E-state index in [1.54, 1.807) is 17.2 Å². The van der Waals surface area contributed by atoms with Crippen molar-refractivity contribution >= 4 is 11.7 Å². The van der Waals surface area contributed by atoms with Crippen molar-refractivity contribution in [1.29, 1.82) is 0 Å². The van der Waals surface area contributed by atoms with E-state index >= 15 is 0 Å². The van der Waals surface area contributed by atoms with Crippen molar-refractivity contribution in [3.05, 3.63) is 77.0 Å². The topological polar surface area (TPSA) is 68.5 Å². The summed E-state index contributed by atoms with van der Waals surface area (Å²) in [5, 5.41) is 0. The van der Waals surface area contributed by atoms with Crippen LogP contribution >= 0.6 is 0 Å². The molecule has 3 aromatic rings. The Kier molecular flexibility index (Phi) is 4.85. The summed E-state index contributed by atoms with van der Waals surface area (Å²) in [5.41, 5.74) is 10.6. The lowest BCUT2D eigenvalue weighted by Crippen LogP contribution is -2.23. The fourth-order valence-electron chi connectivity index (χ4n) is 3.61. The second-order valence-corrected chi connectivity index (χ2v) is 7.15. The van der Waals surface area contributed by atoms with Crippen molar-refractivity contribution in [2.45, 2.75) is 26.4 Å². The Morgan fingerprint density at radius 2 is 1.83 bits per heavy atom. The van der Waals surface area contributed by atoms with Crippen LogP contribution in [0, 0.1) is 6.92 Å². The number of nitrogens with zero attached hydrogens (tertiary/aromatic N) is 2. The van der Waals surface area contributed by atoms with E-state index in [2.05, 4.69) is 9.72 Å². The van der Waals surface area contributed by atoms with Crippen LogP contribution in [-0.4, -0.2) is 22.2 Å². The first kappa shape index (κ1) is 19.8. The van der Waals surface area contributed by atoms with Crippen LogP contribution in [0.15, 0.2) is 54.7 Å². The Labute approximate surface area is 170 Å². The van der Waals surface area contributed by atoms with Gasteiger partial charge in [-0.15, -0.1) is 13.2 Å². The lowest BCUT2D eigenvalue weighted by Gasteiger charge is -2.16. The number of carbonyl (C=O) groups is 1. The Bertz CT molecular complexity index is 1090. The van der Waals surface area contributed by atoms with E-state index in [9.17, 15) is 18.0 Å². The van der Waals surface area contributed by atoms with Gasteiger partial charge in [-0.25, -0.2) is 4.98 Å². The molecule has 1 aliphatic rings. The molecule has 8 heteroatoms. The minimum absolute atomic E-state index is 0.0971. The molecule has 154 valence electrons. The van der Waals surface area contributed by atoms with E-state index in [-0.39, 0.29) is 18.2 Å². The smallest absolute Gasteiger partial charge is 0.406 e. The molecule has 0 unspecified atom stereocenters. The number of nitrogen functional groups attached to an aromatic ring is 1. The van der Waals surface area contributed by atoms with E-state index in [0.29, 0.717) is 23.5 Å². The summed E-state index contributed by atoms with van der Waals surface area (Å²) in [4.78, 5) is 18.7. The molecule has 2 heterocycles. The minimum atomic E-state index is -4.73. The maximum Gasteiger partial charge on any atom is 0.573 e. The van der Waals surface area contributed by atoms with E-state index in [1.165, 1.54) is 24.3 Å². The number of halogens is 3. The number of hydrogen-bond acceptors (Lipinski definition) is 4. The molecule has 2 N–H and O–H groups in total. The number of nitrogens with two attached hydrogens (primary N) is 1. The molecule has 0 atom stereocenters. The van der Waals surface area contributed by atoms with Gasteiger partial charge in [0.25, 0.3) is 5.91 Å². The van der Waals surface area contributed by atoms with Crippen molar-refractivity contribution in [2.75, 3.05) is 5.73 Å². The number of pyridine rings is 1. The van der Waals surface area contributed by atoms with Crippen molar-refractivity contribution in [2.24, 2.45) is 0 Å². The second-order valence-electron chi connectivity index (χ2n) is 7.15. The summed E-state index contributed by atoms with van der Waals surface area (Å²) in [7, 11) is 0. The predicted molar refractivity (Wildman–Crippen MR) is 106 cm³/mol. The molecule has 1 aromatic heterocycles. The van der Waals surface area contributed by atoms with Gasteiger partial charge in [-0.05, 0) is 59.5 Å². The summed E-state index contributed by atoms with van der Waals surface area (Å²) >= 11 is 0. The van der Waals surface area contributed by atoms with E-state index < -0.39 is 6.36 Å². The van der Waals surface area contributed by atoms with Gasteiger partial charge < -0.3 is 15.4 Å². The van der Waals surface area contributed by atoms with Gasteiger partial charge in [0.1, 0.15) is 11.6 Å². The molecule has 0 radical (unpaired) electrons. The first-order valence-corrected chi connectivity index (χ1v) is 9.19. The highest BCUT2D eigenvalue weighted by Gasteiger charge is 2.31. The monoisotopic (exact) mass is 413 g/mol. The standard InChI is InChI=1S/C22H18F3N3O2/c1-13-8-16(15-4-7-19(26)27-10-15)9-17-12-28(21(29)20(13)17)11-14-2-5-18(6-3-14)30-22(23,24)25/h2-10H,11-12H2,1H3,(H2,26,27).